The number of allylic oxidation sites excluding steroid dienone is 1. The molecule has 3 aromatic rings. The van der Waals surface area contributed by atoms with Crippen LogP contribution in [0.3, 0.4) is 0 Å². The second-order valence-electron chi connectivity index (χ2n) is 16.0. The van der Waals surface area contributed by atoms with Crippen molar-refractivity contribution >= 4 is 45.6 Å². The van der Waals surface area contributed by atoms with E-state index >= 15 is 0 Å². The Balaban J connectivity index is 0.000000865. The summed E-state index contributed by atoms with van der Waals surface area (Å²) in [5, 5.41) is 3.69. The quantitative estimate of drug-likeness (QED) is 0.217. The lowest BCUT2D eigenvalue weighted by molar-refractivity contribution is -0.146. The highest BCUT2D eigenvalue weighted by Crippen LogP contribution is 2.35. The van der Waals surface area contributed by atoms with E-state index in [-0.39, 0.29) is 42.9 Å². The number of piperidine rings is 1. The number of likely N-dealkylation sites (tertiary alicyclic amines) is 1. The van der Waals surface area contributed by atoms with Crippen LogP contribution in [-0.2, 0) is 30.3 Å². The van der Waals surface area contributed by atoms with Gasteiger partial charge in [-0.05, 0) is 76.8 Å². The zero-order valence-electron chi connectivity index (χ0n) is 33.6. The molecule has 4 amide bonds. The number of nitrogens with zero attached hydrogens (tertiary/aromatic N) is 3. The molecule has 0 bridgehead atoms. The van der Waals surface area contributed by atoms with Crippen LogP contribution in [0, 0.1) is 5.92 Å². The summed E-state index contributed by atoms with van der Waals surface area (Å²) in [5.41, 5.74) is 6.80. The third-order valence-corrected chi connectivity index (χ3v) is 12.5. The van der Waals surface area contributed by atoms with E-state index in [0.29, 0.717) is 42.2 Å². The lowest BCUT2D eigenvalue weighted by atomic mass is 9.94. The molecular weight excluding hydrogens is 759 g/mol. The molecule has 0 spiro atoms. The van der Waals surface area contributed by atoms with Gasteiger partial charge in [0, 0.05) is 60.2 Å². The van der Waals surface area contributed by atoms with Gasteiger partial charge in [0.25, 0.3) is 0 Å². The molecule has 312 valence electrons. The summed E-state index contributed by atoms with van der Waals surface area (Å²) in [6.45, 7) is 3.17. The number of hydrogen-bond donors (Lipinski definition) is 2. The van der Waals surface area contributed by atoms with Crippen molar-refractivity contribution in [3.8, 4) is 22.8 Å². The van der Waals surface area contributed by atoms with Gasteiger partial charge in [-0.1, -0.05) is 66.4 Å². The molecule has 3 aliphatic heterocycles. The molecule has 0 radical (unpaired) electrons. The number of nitrogens with one attached hydrogen (secondary N) is 1. The molecule has 1 aromatic heterocycles. The van der Waals surface area contributed by atoms with Gasteiger partial charge in [0.15, 0.2) is 0 Å². The summed E-state index contributed by atoms with van der Waals surface area (Å²) in [6, 6.07) is 16.3. The number of rotatable bonds is 8. The number of hydrogen-bond acceptors (Lipinski definition) is 9. The average Bonchev–Trinajstić information content (AvgIpc) is 4.01. The molecule has 14 heteroatoms. The normalized spacial score (nSPS) is 25.5. The molecule has 13 nitrogen and oxygen atoms in total. The van der Waals surface area contributed by atoms with Crippen LogP contribution in [0.15, 0.2) is 66.7 Å². The number of nitrogens with two attached hydrogens (primary N) is 1. The first-order valence-corrected chi connectivity index (χ1v) is 21.7. The van der Waals surface area contributed by atoms with Crippen LogP contribution in [0.2, 0.25) is 0 Å². The first kappa shape index (κ1) is 42.8. The Morgan fingerprint density at radius 1 is 0.983 bits per heavy atom. The van der Waals surface area contributed by atoms with E-state index in [2.05, 4.69) is 5.32 Å². The van der Waals surface area contributed by atoms with Crippen LogP contribution in [0.4, 0.5) is 0 Å². The summed E-state index contributed by atoms with van der Waals surface area (Å²) in [7, 11) is 1.61. The summed E-state index contributed by atoms with van der Waals surface area (Å²) < 4.78 is 31.8. The third kappa shape index (κ3) is 11.0. The number of aromatic nitrogens is 1. The maximum Gasteiger partial charge on any atom is 0.243 e. The molecule has 4 aliphatic rings. The molecule has 4 heterocycles. The van der Waals surface area contributed by atoms with E-state index in [1.165, 1.54) is 0 Å². The predicted octanol–water partition coefficient (Wildman–Crippen LogP) is 5.58. The minimum Gasteiger partial charge on any atom is -0.772 e. The molecule has 3 fully saturated rings. The second kappa shape index (κ2) is 19.8. The van der Waals surface area contributed by atoms with Crippen molar-refractivity contribution in [1.29, 1.82) is 0 Å². The van der Waals surface area contributed by atoms with Crippen molar-refractivity contribution in [2.75, 3.05) is 26.7 Å². The van der Waals surface area contributed by atoms with Gasteiger partial charge < -0.3 is 34.9 Å². The molecule has 2 saturated heterocycles. The predicted molar refractivity (Wildman–Crippen MR) is 221 cm³/mol. The molecule has 58 heavy (non-hydrogen) atoms. The van der Waals surface area contributed by atoms with Gasteiger partial charge >= 0.3 is 0 Å². The van der Waals surface area contributed by atoms with Gasteiger partial charge in [-0.25, -0.2) is 4.98 Å². The molecule has 5 atom stereocenters. The second-order valence-corrected chi connectivity index (χ2v) is 17.2. The minimum absolute atomic E-state index is 0.0136. The number of pyridine rings is 1. The Bertz CT molecular complexity index is 1980. The number of primary amides is 1. The Hall–Kier alpha value is -4.82. The maximum atomic E-state index is 14.6. The zero-order chi connectivity index (χ0) is 41.2. The summed E-state index contributed by atoms with van der Waals surface area (Å²) in [5.74, 6) is -0.737. The molecule has 1 aliphatic carbocycles. The van der Waals surface area contributed by atoms with Gasteiger partial charge in [-0.15, -0.1) is 0 Å². The van der Waals surface area contributed by atoms with Gasteiger partial charge in [-0.3, -0.25) is 23.4 Å². The standard InChI is InChI=1S/C41H51N5O6.C3H6O2S/c1-41(40(42)50)20-12-6-4-3-5-9-17-29(23-37(47)45-21-13-8-14-22-45)39(49)46-27-31(25-35(46)38(48)44-41)52-36-26-33(28-15-10-7-11-16-28)43-34-24-30(51-2)18-19-32(34)36;4-6(5)3-1-2-3/h6-7,10-12,15-16,18-19,24,26,29,31,35H,3-5,8-9,13-14,17,20-23,25,27H2,1-2H3,(H2,42,50)(H,44,48);3H,1-2H2,(H,4,5)/p-1/b12-6-;/t29-,31-,35+,41+;/m1./s1. The smallest absolute Gasteiger partial charge is 0.243 e. The van der Waals surface area contributed by atoms with Gasteiger partial charge in [0.1, 0.15) is 29.2 Å². The number of carbonyl (C=O) groups is 4. The SMILES string of the molecule is COc1ccc2c(O[C@@H]3C[C@H]4C(=O)N[C@](C)(C(N)=O)C/C=C\CCCCC[C@H](CC(=O)N5CCCCC5)C(=O)N4C3)cc(-c3ccccc3)nc2c1.O=S([O-])C1CC1. The summed E-state index contributed by atoms with van der Waals surface area (Å²) in [4.78, 5) is 63.5. The Kier molecular flexibility index (Phi) is 14.6. The molecule has 2 aromatic carbocycles. The molecular formula is C44H56N5O8S-. The zero-order valence-corrected chi connectivity index (χ0v) is 34.4. The van der Waals surface area contributed by atoms with Crippen molar-refractivity contribution in [2.45, 2.75) is 113 Å². The Labute approximate surface area is 343 Å². The van der Waals surface area contributed by atoms with Crippen LogP contribution < -0.4 is 20.5 Å². The number of benzene rings is 2. The molecule has 1 unspecified atom stereocenters. The minimum atomic E-state index is -1.76. The highest BCUT2D eigenvalue weighted by molar-refractivity contribution is 7.80. The van der Waals surface area contributed by atoms with E-state index in [1.807, 2.05) is 71.6 Å². The van der Waals surface area contributed by atoms with Crippen LogP contribution >= 0.6 is 0 Å². The van der Waals surface area contributed by atoms with Crippen molar-refractivity contribution in [2.24, 2.45) is 11.7 Å². The summed E-state index contributed by atoms with van der Waals surface area (Å²) in [6.07, 6.45) is 12.6. The summed E-state index contributed by atoms with van der Waals surface area (Å²) >= 11 is -1.76. The average molecular weight is 815 g/mol. The van der Waals surface area contributed by atoms with E-state index in [9.17, 15) is 27.9 Å². The van der Waals surface area contributed by atoms with Gasteiger partial charge in [-0.2, -0.15) is 0 Å². The van der Waals surface area contributed by atoms with Crippen molar-refractivity contribution in [3.05, 3.63) is 66.7 Å². The van der Waals surface area contributed by atoms with E-state index in [0.717, 1.165) is 68.7 Å². The highest BCUT2D eigenvalue weighted by atomic mass is 32.2. The molecule has 3 N–H and O–H groups in total. The number of methoxy groups -OCH3 is 1. The van der Waals surface area contributed by atoms with Crippen molar-refractivity contribution < 1.29 is 37.4 Å². The van der Waals surface area contributed by atoms with Crippen LogP contribution in [0.5, 0.6) is 11.5 Å². The monoisotopic (exact) mass is 814 g/mol. The number of amides is 4. The fourth-order valence-corrected chi connectivity index (χ4v) is 8.36. The number of fused-ring (bicyclic) bond motifs is 2. The maximum absolute atomic E-state index is 14.6. The molecule has 7 rings (SSSR count). The topological polar surface area (TPSA) is 184 Å². The number of carbonyl (C=O) groups excluding carboxylic acids is 4. The van der Waals surface area contributed by atoms with Crippen molar-refractivity contribution in [1.82, 2.24) is 20.1 Å². The lowest BCUT2D eigenvalue weighted by Crippen LogP contribution is -2.59. The van der Waals surface area contributed by atoms with E-state index < -0.39 is 46.5 Å². The van der Waals surface area contributed by atoms with Gasteiger partial charge in [0.2, 0.25) is 23.6 Å². The third-order valence-electron chi connectivity index (χ3n) is 11.5. The van der Waals surface area contributed by atoms with Crippen LogP contribution in [-0.4, -0.2) is 96.9 Å². The Morgan fingerprint density at radius 3 is 2.40 bits per heavy atom. The first-order valence-electron chi connectivity index (χ1n) is 20.6. The van der Waals surface area contributed by atoms with Crippen molar-refractivity contribution in [3.63, 3.8) is 0 Å². The van der Waals surface area contributed by atoms with E-state index in [4.69, 9.17) is 20.2 Å². The molecule has 1 saturated carbocycles. The number of ether oxygens (including phenoxy) is 2. The van der Waals surface area contributed by atoms with Gasteiger partial charge in [0.05, 0.1) is 24.9 Å². The Morgan fingerprint density at radius 2 is 1.72 bits per heavy atom. The lowest BCUT2D eigenvalue weighted by Gasteiger charge is -2.33. The fourth-order valence-electron chi connectivity index (χ4n) is 7.84. The van der Waals surface area contributed by atoms with E-state index in [1.54, 1.807) is 18.9 Å². The van der Waals surface area contributed by atoms with Crippen LogP contribution in [0.25, 0.3) is 22.2 Å². The first-order chi connectivity index (χ1) is 28.0. The fraction of sp³-hybridized carbons (Fsp3) is 0.523. The highest BCUT2D eigenvalue weighted by Gasteiger charge is 2.45. The van der Waals surface area contributed by atoms with Crippen LogP contribution in [0.1, 0.15) is 90.4 Å². The largest absolute Gasteiger partial charge is 0.772 e.